The van der Waals surface area contributed by atoms with Crippen molar-refractivity contribution in [1.29, 1.82) is 0 Å². The van der Waals surface area contributed by atoms with Crippen LogP contribution in [0.25, 0.3) is 0 Å². The fraction of sp³-hybridized carbons (Fsp3) is 0.773. The molecule has 7 nitrogen and oxygen atoms in total. The monoisotopic (exact) mass is 405 g/mol. The third kappa shape index (κ3) is 6.47. The number of carbonyl (C=O) groups excluding carboxylic acids is 2. The number of anilines is 1. The summed E-state index contributed by atoms with van der Waals surface area (Å²) in [4.78, 5) is 26.8. The first-order valence-electron chi connectivity index (χ1n) is 10.7. The Bertz CT molecular complexity index is 717. The van der Waals surface area contributed by atoms with Gasteiger partial charge >= 0.3 is 6.03 Å². The maximum atomic E-state index is 12.6. The van der Waals surface area contributed by atoms with Gasteiger partial charge in [0.05, 0.1) is 11.2 Å². The second kappa shape index (κ2) is 8.76. The number of carbonyl (C=O) groups is 2. The molecular formula is C22H39N5O2. The van der Waals surface area contributed by atoms with Gasteiger partial charge in [-0.2, -0.15) is 5.10 Å². The van der Waals surface area contributed by atoms with Crippen LogP contribution in [0, 0.1) is 5.92 Å². The van der Waals surface area contributed by atoms with Gasteiger partial charge in [-0.25, -0.2) is 9.48 Å². The van der Waals surface area contributed by atoms with E-state index in [4.69, 9.17) is 5.10 Å². The van der Waals surface area contributed by atoms with E-state index in [2.05, 4.69) is 66.0 Å². The fourth-order valence-corrected chi connectivity index (χ4v) is 3.44. The molecule has 0 spiro atoms. The third-order valence-electron chi connectivity index (χ3n) is 5.12. The molecule has 7 heteroatoms. The molecule has 2 heterocycles. The number of rotatable bonds is 4. The van der Waals surface area contributed by atoms with Crippen LogP contribution in [-0.4, -0.2) is 45.8 Å². The number of piperidine rings is 1. The van der Waals surface area contributed by atoms with Crippen LogP contribution in [0.1, 0.15) is 80.3 Å². The summed E-state index contributed by atoms with van der Waals surface area (Å²) < 4.78 is 1.88. The normalized spacial score (nSPS) is 16.2. The van der Waals surface area contributed by atoms with Crippen molar-refractivity contribution in [1.82, 2.24) is 20.0 Å². The molecule has 2 N–H and O–H groups in total. The number of amides is 3. The number of nitrogens with zero attached hydrogens (tertiary/aromatic N) is 3. The van der Waals surface area contributed by atoms with Crippen molar-refractivity contribution in [3.05, 3.63) is 11.8 Å². The minimum Gasteiger partial charge on any atom is -0.343 e. The molecule has 0 saturated carbocycles. The quantitative estimate of drug-likeness (QED) is 0.792. The van der Waals surface area contributed by atoms with Crippen molar-refractivity contribution >= 4 is 17.8 Å². The van der Waals surface area contributed by atoms with Gasteiger partial charge in [-0.3, -0.25) is 10.1 Å². The second-order valence-electron chi connectivity index (χ2n) is 10.6. The first-order valence-corrected chi connectivity index (χ1v) is 10.7. The van der Waals surface area contributed by atoms with Crippen molar-refractivity contribution in [3.8, 4) is 0 Å². The summed E-state index contributed by atoms with van der Waals surface area (Å²) in [5.74, 6) is 1.28. The molecular weight excluding hydrogens is 366 g/mol. The van der Waals surface area contributed by atoms with E-state index in [0.717, 1.165) is 18.5 Å². The predicted octanol–water partition coefficient (Wildman–Crippen LogP) is 4.09. The van der Waals surface area contributed by atoms with E-state index in [1.807, 2.05) is 15.6 Å². The number of nitrogens with one attached hydrogen (secondary N) is 2. The maximum absolute atomic E-state index is 12.6. The van der Waals surface area contributed by atoms with Crippen molar-refractivity contribution in [2.75, 3.05) is 18.4 Å². The molecule has 1 aromatic heterocycles. The zero-order valence-electron chi connectivity index (χ0n) is 19.4. The average molecular weight is 406 g/mol. The summed E-state index contributed by atoms with van der Waals surface area (Å²) in [7, 11) is 0. The van der Waals surface area contributed by atoms with E-state index in [-0.39, 0.29) is 28.9 Å². The van der Waals surface area contributed by atoms with Crippen LogP contribution in [-0.2, 0) is 15.7 Å². The van der Waals surface area contributed by atoms with Gasteiger partial charge < -0.3 is 10.2 Å². The molecule has 0 unspecified atom stereocenters. The summed E-state index contributed by atoms with van der Waals surface area (Å²) in [5.41, 5.74) is 0.604. The zero-order valence-corrected chi connectivity index (χ0v) is 19.4. The Balaban J connectivity index is 1.97. The maximum Gasteiger partial charge on any atom is 0.320 e. The molecule has 164 valence electrons. The van der Waals surface area contributed by atoms with E-state index in [9.17, 15) is 9.59 Å². The zero-order chi connectivity index (χ0) is 22.0. The molecule has 1 aromatic rings. The van der Waals surface area contributed by atoms with Gasteiger partial charge in [-0.1, -0.05) is 34.6 Å². The number of hydrogen-bond acceptors (Lipinski definition) is 3. The highest BCUT2D eigenvalue weighted by molar-refractivity contribution is 5.88. The Hall–Kier alpha value is -2.05. The van der Waals surface area contributed by atoms with Crippen LogP contribution in [0.5, 0.6) is 0 Å². The highest BCUT2D eigenvalue weighted by Gasteiger charge is 2.27. The van der Waals surface area contributed by atoms with Gasteiger partial charge in [-0.15, -0.1) is 0 Å². The van der Waals surface area contributed by atoms with E-state index in [1.54, 1.807) is 0 Å². The molecule has 3 amide bonds. The number of likely N-dealkylation sites (tertiary alicyclic amines) is 1. The molecule has 0 atom stereocenters. The third-order valence-corrected chi connectivity index (χ3v) is 5.12. The van der Waals surface area contributed by atoms with E-state index >= 15 is 0 Å². The molecule has 1 aliphatic rings. The lowest BCUT2D eigenvalue weighted by Crippen LogP contribution is -2.48. The van der Waals surface area contributed by atoms with E-state index < -0.39 is 0 Å². The molecule has 0 radical (unpaired) electrons. The molecule has 1 fully saturated rings. The molecule has 0 aromatic carbocycles. The summed E-state index contributed by atoms with van der Waals surface area (Å²) in [6.07, 6.45) is 2.15. The van der Waals surface area contributed by atoms with Crippen LogP contribution in [0.15, 0.2) is 6.07 Å². The summed E-state index contributed by atoms with van der Waals surface area (Å²) >= 11 is 0. The van der Waals surface area contributed by atoms with Crippen LogP contribution in [0.4, 0.5) is 10.6 Å². The largest absolute Gasteiger partial charge is 0.343 e. The predicted molar refractivity (Wildman–Crippen MR) is 117 cm³/mol. The second-order valence-corrected chi connectivity index (χ2v) is 10.6. The van der Waals surface area contributed by atoms with Crippen LogP contribution >= 0.6 is 0 Å². The SMILES string of the molecule is CC(C)CC(=O)N1CCC(NC(=O)Nc2cc(C(C)(C)C)nn2C(C)(C)C)CC1. The lowest BCUT2D eigenvalue weighted by molar-refractivity contribution is -0.133. The molecule has 0 bridgehead atoms. The van der Waals surface area contributed by atoms with Gasteiger partial charge in [0.25, 0.3) is 0 Å². The average Bonchev–Trinajstić information content (AvgIpc) is 2.99. The molecule has 29 heavy (non-hydrogen) atoms. The summed E-state index contributed by atoms with van der Waals surface area (Å²) in [6.45, 7) is 18.1. The van der Waals surface area contributed by atoms with Crippen LogP contribution in [0.2, 0.25) is 0 Å². The van der Waals surface area contributed by atoms with Crippen molar-refractivity contribution in [2.45, 2.75) is 91.6 Å². The van der Waals surface area contributed by atoms with Crippen molar-refractivity contribution < 1.29 is 9.59 Å². The van der Waals surface area contributed by atoms with Gasteiger partial charge in [0, 0.05) is 37.0 Å². The van der Waals surface area contributed by atoms with Crippen LogP contribution < -0.4 is 10.6 Å². The Morgan fingerprint density at radius 2 is 1.72 bits per heavy atom. The van der Waals surface area contributed by atoms with Crippen molar-refractivity contribution in [3.63, 3.8) is 0 Å². The van der Waals surface area contributed by atoms with E-state index in [0.29, 0.717) is 31.2 Å². The lowest BCUT2D eigenvalue weighted by atomic mass is 9.92. The topological polar surface area (TPSA) is 79.3 Å². The summed E-state index contributed by atoms with van der Waals surface area (Å²) in [5, 5.41) is 10.8. The first-order chi connectivity index (χ1) is 13.3. The van der Waals surface area contributed by atoms with Gasteiger partial charge in [0.2, 0.25) is 5.91 Å². The number of aromatic nitrogens is 2. The Labute approximate surface area is 175 Å². The highest BCUT2D eigenvalue weighted by atomic mass is 16.2. The Kier molecular flexibility index (Phi) is 7.01. The smallest absolute Gasteiger partial charge is 0.320 e. The first kappa shape index (κ1) is 23.2. The minimum atomic E-state index is -0.242. The number of urea groups is 1. The lowest BCUT2D eigenvalue weighted by Gasteiger charge is -2.33. The Morgan fingerprint density at radius 3 is 2.21 bits per heavy atom. The molecule has 1 saturated heterocycles. The molecule has 2 rings (SSSR count). The highest BCUT2D eigenvalue weighted by Crippen LogP contribution is 2.28. The fourth-order valence-electron chi connectivity index (χ4n) is 3.44. The van der Waals surface area contributed by atoms with Gasteiger partial charge in [-0.05, 0) is 39.5 Å². The summed E-state index contributed by atoms with van der Waals surface area (Å²) in [6, 6.07) is 1.81. The van der Waals surface area contributed by atoms with E-state index in [1.165, 1.54) is 0 Å². The molecule has 1 aliphatic heterocycles. The van der Waals surface area contributed by atoms with Crippen molar-refractivity contribution in [2.24, 2.45) is 5.92 Å². The van der Waals surface area contributed by atoms with Gasteiger partial charge in [0.15, 0.2) is 0 Å². The molecule has 0 aliphatic carbocycles. The minimum absolute atomic E-state index is 0.0752. The standard InChI is InChI=1S/C22H39N5O2/c1-15(2)13-19(28)26-11-9-16(10-12-26)23-20(29)24-18-14-17(21(3,4)5)25-27(18)22(6,7)8/h14-16H,9-13H2,1-8H3,(H2,23,24,29). The number of hydrogen-bond donors (Lipinski definition) is 2. The van der Waals surface area contributed by atoms with Crippen LogP contribution in [0.3, 0.4) is 0 Å². The Morgan fingerprint density at radius 1 is 1.14 bits per heavy atom. The van der Waals surface area contributed by atoms with Gasteiger partial charge in [0.1, 0.15) is 5.82 Å².